The highest BCUT2D eigenvalue weighted by atomic mass is 16.5. The van der Waals surface area contributed by atoms with E-state index < -0.39 is 0 Å². The second kappa shape index (κ2) is 6.49. The molecule has 2 aromatic heterocycles. The van der Waals surface area contributed by atoms with E-state index in [9.17, 15) is 9.59 Å². The van der Waals surface area contributed by atoms with Crippen LogP contribution in [0.4, 0.5) is 0 Å². The number of carbonyl (C=O) groups excluding carboxylic acids is 1. The van der Waals surface area contributed by atoms with Crippen molar-refractivity contribution >= 4 is 5.78 Å². The Bertz CT molecular complexity index is 929. The first-order chi connectivity index (χ1) is 11.6. The van der Waals surface area contributed by atoms with Gasteiger partial charge < -0.3 is 13.7 Å². The molecule has 0 unspecified atom stereocenters. The van der Waals surface area contributed by atoms with Crippen molar-refractivity contribution in [1.82, 2.24) is 14.8 Å². The van der Waals surface area contributed by atoms with Crippen LogP contribution >= 0.6 is 0 Å². The van der Waals surface area contributed by atoms with Crippen molar-refractivity contribution in [3.8, 4) is 17.2 Å². The zero-order valence-electron chi connectivity index (χ0n) is 13.2. The molecule has 3 rings (SSSR count). The fraction of sp³-hybridized carbons (Fsp3) is 0.176. The Balaban J connectivity index is 1.94. The van der Waals surface area contributed by atoms with Gasteiger partial charge in [-0.3, -0.25) is 9.59 Å². The van der Waals surface area contributed by atoms with Gasteiger partial charge in [0.15, 0.2) is 5.78 Å². The molecule has 24 heavy (non-hydrogen) atoms. The van der Waals surface area contributed by atoms with Crippen LogP contribution in [-0.4, -0.2) is 27.7 Å². The van der Waals surface area contributed by atoms with Crippen molar-refractivity contribution in [3.05, 3.63) is 64.4 Å². The normalized spacial score (nSPS) is 10.6. The number of hydrogen-bond donors (Lipinski definition) is 0. The smallest absolute Gasteiger partial charge is 0.250 e. The molecule has 0 saturated carbocycles. The highest BCUT2D eigenvalue weighted by Crippen LogP contribution is 2.21. The van der Waals surface area contributed by atoms with Gasteiger partial charge in [-0.2, -0.15) is 0 Å². The number of aryl methyl sites for hydroxylation is 1. The van der Waals surface area contributed by atoms with E-state index in [4.69, 9.17) is 9.15 Å². The minimum atomic E-state index is -0.293. The molecule has 0 bridgehead atoms. The van der Waals surface area contributed by atoms with Gasteiger partial charge in [0.25, 0.3) is 5.56 Å². The van der Waals surface area contributed by atoms with E-state index >= 15 is 0 Å². The van der Waals surface area contributed by atoms with Crippen molar-refractivity contribution in [2.24, 2.45) is 0 Å². The predicted octanol–water partition coefficient (Wildman–Crippen LogP) is 2.10. The number of benzene rings is 1. The minimum absolute atomic E-state index is 0.110. The van der Waals surface area contributed by atoms with Gasteiger partial charge in [0.2, 0.25) is 12.3 Å². The molecule has 7 nitrogen and oxygen atoms in total. The summed E-state index contributed by atoms with van der Waals surface area (Å²) in [5.41, 5.74) is 1.65. The van der Waals surface area contributed by atoms with E-state index in [0.29, 0.717) is 16.9 Å². The highest BCUT2D eigenvalue weighted by molar-refractivity contribution is 5.98. The molecule has 0 radical (unpaired) electrons. The Hall–Kier alpha value is -3.22. The third-order valence-electron chi connectivity index (χ3n) is 3.56. The lowest BCUT2D eigenvalue weighted by Crippen LogP contribution is -2.23. The number of nitrogens with zero attached hydrogens (tertiary/aromatic N) is 3. The molecule has 122 valence electrons. The molecule has 0 aliphatic rings. The molecule has 3 aromatic rings. The molecule has 0 aliphatic carbocycles. The molecular formula is C17H15N3O4. The number of ether oxygens (including phenoxy) is 1. The first-order valence-corrected chi connectivity index (χ1v) is 7.23. The monoisotopic (exact) mass is 325 g/mol. The highest BCUT2D eigenvalue weighted by Gasteiger charge is 2.15. The molecule has 0 amide bonds. The first kappa shape index (κ1) is 15.7. The average Bonchev–Trinajstić information content (AvgIpc) is 3.11. The van der Waals surface area contributed by atoms with Crippen LogP contribution < -0.4 is 10.3 Å². The topological polar surface area (TPSA) is 87.2 Å². The number of Topliss-reactive ketones (excluding diaryl/α,β-unsaturated/α-hetero) is 1. The Kier molecular flexibility index (Phi) is 4.24. The molecule has 0 aliphatic heterocycles. The van der Waals surface area contributed by atoms with Crippen molar-refractivity contribution in [3.63, 3.8) is 0 Å². The molecule has 1 aromatic carbocycles. The Morgan fingerprint density at radius 1 is 1.29 bits per heavy atom. The van der Waals surface area contributed by atoms with Crippen LogP contribution in [0, 0.1) is 6.92 Å². The van der Waals surface area contributed by atoms with Crippen LogP contribution in [0.15, 0.2) is 52.1 Å². The Labute approximate surface area is 137 Å². The summed E-state index contributed by atoms with van der Waals surface area (Å²) in [7, 11) is 1.50. The number of ketones is 1. The van der Waals surface area contributed by atoms with Crippen LogP contribution in [-0.2, 0) is 6.54 Å². The predicted molar refractivity (Wildman–Crippen MR) is 86.1 cm³/mol. The summed E-state index contributed by atoms with van der Waals surface area (Å²) in [5.74, 6) is 0.538. The van der Waals surface area contributed by atoms with E-state index in [1.807, 2.05) is 13.0 Å². The van der Waals surface area contributed by atoms with Crippen molar-refractivity contribution in [2.75, 3.05) is 7.11 Å². The molecular weight excluding hydrogens is 310 g/mol. The summed E-state index contributed by atoms with van der Waals surface area (Å²) in [5, 5.41) is 7.40. The second-order valence-corrected chi connectivity index (χ2v) is 5.25. The van der Waals surface area contributed by atoms with Gasteiger partial charge in [0.05, 0.1) is 24.8 Å². The lowest BCUT2D eigenvalue weighted by atomic mass is 10.1. The number of rotatable bonds is 5. The van der Waals surface area contributed by atoms with Gasteiger partial charge in [0, 0.05) is 12.3 Å². The zero-order valence-corrected chi connectivity index (χ0v) is 13.2. The van der Waals surface area contributed by atoms with Crippen LogP contribution in [0.25, 0.3) is 11.5 Å². The summed E-state index contributed by atoms with van der Waals surface area (Å²) in [4.78, 5) is 24.6. The molecule has 7 heteroatoms. The van der Waals surface area contributed by atoms with Gasteiger partial charge in [-0.05, 0) is 25.1 Å². The molecule has 0 atom stereocenters. The minimum Gasteiger partial charge on any atom is -0.496 e. The number of methoxy groups -OCH3 is 1. The van der Waals surface area contributed by atoms with Crippen LogP contribution in [0.5, 0.6) is 5.75 Å². The van der Waals surface area contributed by atoms with Gasteiger partial charge in [0.1, 0.15) is 5.75 Å². The van der Waals surface area contributed by atoms with E-state index in [2.05, 4.69) is 10.2 Å². The maximum atomic E-state index is 12.6. The summed E-state index contributed by atoms with van der Waals surface area (Å²) in [6, 6.07) is 8.27. The fourth-order valence-electron chi connectivity index (χ4n) is 2.36. The van der Waals surface area contributed by atoms with Crippen LogP contribution in [0.3, 0.4) is 0 Å². The van der Waals surface area contributed by atoms with E-state index in [0.717, 1.165) is 5.56 Å². The number of hydrogen-bond acceptors (Lipinski definition) is 6. The van der Waals surface area contributed by atoms with Crippen molar-refractivity contribution in [2.45, 2.75) is 13.5 Å². The van der Waals surface area contributed by atoms with E-state index in [-0.39, 0.29) is 23.8 Å². The number of carbonyl (C=O) groups is 1. The quantitative estimate of drug-likeness (QED) is 0.668. The second-order valence-electron chi connectivity index (χ2n) is 5.25. The SMILES string of the molecule is COc1ccc(C)cc1C(=O)Cn1cc(-c2nnco2)ccc1=O. The zero-order chi connectivity index (χ0) is 17.1. The molecule has 0 saturated heterocycles. The molecule has 2 heterocycles. The lowest BCUT2D eigenvalue weighted by molar-refractivity contribution is 0.0968. The standard InChI is InChI=1S/C17H15N3O4/c1-11-3-5-15(23-2)13(7-11)14(21)9-20-8-12(4-6-16(20)22)17-19-18-10-24-17/h3-8,10H,9H2,1-2H3. The Morgan fingerprint density at radius 3 is 2.83 bits per heavy atom. The van der Waals surface area contributed by atoms with Gasteiger partial charge >= 0.3 is 0 Å². The first-order valence-electron chi connectivity index (χ1n) is 7.23. The third-order valence-corrected chi connectivity index (χ3v) is 3.56. The summed E-state index contributed by atoms with van der Waals surface area (Å²) in [6.07, 6.45) is 2.73. The van der Waals surface area contributed by atoms with E-state index in [1.165, 1.54) is 30.3 Å². The maximum absolute atomic E-state index is 12.6. The summed E-state index contributed by atoms with van der Waals surface area (Å²) >= 11 is 0. The third kappa shape index (κ3) is 3.10. The number of pyridine rings is 1. The van der Waals surface area contributed by atoms with Gasteiger partial charge in [-0.15, -0.1) is 10.2 Å². The average molecular weight is 325 g/mol. The van der Waals surface area contributed by atoms with Crippen LogP contribution in [0.2, 0.25) is 0 Å². The van der Waals surface area contributed by atoms with Crippen molar-refractivity contribution in [1.29, 1.82) is 0 Å². The van der Waals surface area contributed by atoms with Gasteiger partial charge in [-0.1, -0.05) is 11.6 Å². The summed E-state index contributed by atoms with van der Waals surface area (Å²) < 4.78 is 11.7. The van der Waals surface area contributed by atoms with E-state index in [1.54, 1.807) is 18.2 Å². The summed E-state index contributed by atoms with van der Waals surface area (Å²) in [6.45, 7) is 1.78. The Morgan fingerprint density at radius 2 is 2.12 bits per heavy atom. The maximum Gasteiger partial charge on any atom is 0.250 e. The molecule has 0 N–H and O–H groups in total. The fourth-order valence-corrected chi connectivity index (χ4v) is 2.36. The van der Waals surface area contributed by atoms with Crippen LogP contribution in [0.1, 0.15) is 15.9 Å². The molecule has 0 spiro atoms. The largest absolute Gasteiger partial charge is 0.496 e. The number of aromatic nitrogens is 3. The molecule has 0 fully saturated rings. The lowest BCUT2D eigenvalue weighted by Gasteiger charge is -2.10. The van der Waals surface area contributed by atoms with Crippen molar-refractivity contribution < 1.29 is 13.9 Å². The van der Waals surface area contributed by atoms with Gasteiger partial charge in [-0.25, -0.2) is 0 Å².